The zero-order chi connectivity index (χ0) is 21.1. The Labute approximate surface area is 172 Å². The highest BCUT2D eigenvalue weighted by molar-refractivity contribution is 8.10. The first-order valence-corrected chi connectivity index (χ1v) is 12.7. The second-order valence-electron chi connectivity index (χ2n) is 7.50. The van der Waals surface area contributed by atoms with E-state index >= 15 is 4.39 Å². The molecule has 158 valence electrons. The lowest BCUT2D eigenvalue weighted by Gasteiger charge is -2.35. The molecule has 1 saturated carbocycles. The number of rotatable bonds is 7. The highest BCUT2D eigenvalue weighted by Crippen LogP contribution is 2.38. The normalized spacial score (nSPS) is 16.8. The van der Waals surface area contributed by atoms with Crippen LogP contribution in [0.3, 0.4) is 0 Å². The fourth-order valence-electron chi connectivity index (χ4n) is 3.81. The van der Waals surface area contributed by atoms with E-state index in [1.165, 1.54) is 48.5 Å². The lowest BCUT2D eigenvalue weighted by atomic mass is 9.94. The zero-order valence-corrected chi connectivity index (χ0v) is 18.0. The molecule has 0 N–H and O–H groups in total. The van der Waals surface area contributed by atoms with Gasteiger partial charge in [-0.05, 0) is 44.2 Å². The first-order valence-electron chi connectivity index (χ1n) is 9.69. The van der Waals surface area contributed by atoms with Gasteiger partial charge < -0.3 is 0 Å². The van der Waals surface area contributed by atoms with Crippen LogP contribution < -0.4 is 0 Å². The minimum Gasteiger partial charge on any atom is -0.298 e. The van der Waals surface area contributed by atoms with Crippen molar-refractivity contribution < 1.29 is 21.2 Å². The summed E-state index contributed by atoms with van der Waals surface area (Å²) < 4.78 is 66.2. The quantitative estimate of drug-likeness (QED) is 0.656. The van der Waals surface area contributed by atoms with Crippen molar-refractivity contribution in [2.75, 3.05) is 13.6 Å². The van der Waals surface area contributed by atoms with E-state index in [1.54, 1.807) is 24.1 Å². The van der Waals surface area contributed by atoms with E-state index in [0.717, 1.165) is 32.1 Å². The lowest BCUT2D eigenvalue weighted by Crippen LogP contribution is -2.52. The van der Waals surface area contributed by atoms with E-state index in [4.69, 9.17) is 0 Å². The van der Waals surface area contributed by atoms with Gasteiger partial charge in [-0.3, -0.25) is 4.90 Å². The second-order valence-corrected chi connectivity index (χ2v) is 12.0. The van der Waals surface area contributed by atoms with Crippen molar-refractivity contribution in [2.24, 2.45) is 0 Å². The Morgan fingerprint density at radius 3 is 1.66 bits per heavy atom. The van der Waals surface area contributed by atoms with Crippen molar-refractivity contribution in [2.45, 2.75) is 52.3 Å². The minimum atomic E-state index is -4.84. The van der Waals surface area contributed by atoms with Gasteiger partial charge in [0.1, 0.15) is 0 Å². The minimum absolute atomic E-state index is 0.0455. The molecule has 0 unspecified atom stereocenters. The van der Waals surface area contributed by atoms with E-state index in [9.17, 15) is 16.8 Å². The first kappa shape index (κ1) is 21.9. The summed E-state index contributed by atoms with van der Waals surface area (Å²) in [6.45, 7) is -0.744. The van der Waals surface area contributed by atoms with Gasteiger partial charge in [-0.25, -0.2) is 21.2 Å². The predicted octanol–water partition coefficient (Wildman–Crippen LogP) is 3.82. The molecular weight excluding hydrogens is 413 g/mol. The van der Waals surface area contributed by atoms with Crippen LogP contribution in [0.5, 0.6) is 0 Å². The predicted molar refractivity (Wildman–Crippen MR) is 111 cm³/mol. The monoisotopic (exact) mass is 439 g/mol. The van der Waals surface area contributed by atoms with E-state index in [-0.39, 0.29) is 15.8 Å². The topological polar surface area (TPSA) is 71.5 Å². The molecular formula is C21H26FNO4S2. The average molecular weight is 440 g/mol. The fraction of sp³-hybridized carbons (Fsp3) is 0.429. The molecule has 1 aliphatic rings. The summed E-state index contributed by atoms with van der Waals surface area (Å²) in [5.74, 6) is 0. The number of nitrogens with zero attached hydrogens (tertiary/aromatic N) is 1. The maximum Gasteiger partial charge on any atom is 0.330 e. The van der Waals surface area contributed by atoms with Crippen LogP contribution in [0, 0.1) is 0 Å². The molecule has 0 aromatic heterocycles. The largest absolute Gasteiger partial charge is 0.330 e. The molecule has 2 aromatic rings. The highest BCUT2D eigenvalue weighted by atomic mass is 32.3. The Balaban J connectivity index is 2.11. The standard InChI is InChI=1S/C21H26FNO4S2/c1-23(18-11-5-2-6-12-18)17-21(22,28(24,25)19-13-7-3-8-14-19)29(26,27)20-15-9-4-10-16-20/h3-4,7-10,13-16,18H,2,5-6,11-12,17H2,1H3. The molecule has 0 radical (unpaired) electrons. The summed E-state index contributed by atoms with van der Waals surface area (Å²) in [5, 5.41) is 0. The molecule has 1 fully saturated rings. The van der Waals surface area contributed by atoms with Gasteiger partial charge in [0.25, 0.3) is 0 Å². The van der Waals surface area contributed by atoms with Gasteiger partial charge in [-0.1, -0.05) is 55.7 Å². The molecule has 0 atom stereocenters. The van der Waals surface area contributed by atoms with Gasteiger partial charge in [-0.15, -0.1) is 0 Å². The molecule has 2 aromatic carbocycles. The van der Waals surface area contributed by atoms with E-state index in [1.807, 2.05) is 0 Å². The smallest absolute Gasteiger partial charge is 0.298 e. The van der Waals surface area contributed by atoms with Gasteiger partial charge in [-0.2, -0.15) is 0 Å². The average Bonchev–Trinajstić information content (AvgIpc) is 2.75. The van der Waals surface area contributed by atoms with Crippen LogP contribution in [-0.4, -0.2) is 45.7 Å². The molecule has 0 bridgehead atoms. The van der Waals surface area contributed by atoms with E-state index in [2.05, 4.69) is 0 Å². The Morgan fingerprint density at radius 1 is 0.828 bits per heavy atom. The summed E-state index contributed by atoms with van der Waals surface area (Å²) in [6, 6.07) is 13.9. The van der Waals surface area contributed by atoms with Crippen molar-refractivity contribution in [3.63, 3.8) is 0 Å². The highest BCUT2D eigenvalue weighted by Gasteiger charge is 2.58. The summed E-state index contributed by atoms with van der Waals surface area (Å²) in [5.41, 5.74) is 0. The van der Waals surface area contributed by atoms with Crippen molar-refractivity contribution in [3.8, 4) is 0 Å². The molecule has 3 rings (SSSR count). The third kappa shape index (κ3) is 4.11. The molecule has 0 heterocycles. The van der Waals surface area contributed by atoms with Gasteiger partial charge in [0.05, 0.1) is 16.3 Å². The zero-order valence-electron chi connectivity index (χ0n) is 16.4. The van der Waals surface area contributed by atoms with Crippen LogP contribution in [0.4, 0.5) is 4.39 Å². The summed E-state index contributed by atoms with van der Waals surface area (Å²) >= 11 is 0. The van der Waals surface area contributed by atoms with Crippen molar-refractivity contribution in [3.05, 3.63) is 60.7 Å². The second kappa shape index (κ2) is 8.53. The maximum absolute atomic E-state index is 16.5. The van der Waals surface area contributed by atoms with Gasteiger partial charge >= 0.3 is 4.33 Å². The Morgan fingerprint density at radius 2 is 1.24 bits per heavy atom. The first-order chi connectivity index (χ1) is 13.7. The van der Waals surface area contributed by atoms with Crippen LogP contribution in [0.1, 0.15) is 32.1 Å². The van der Waals surface area contributed by atoms with Gasteiger partial charge in [0, 0.05) is 6.04 Å². The number of hydrogen-bond acceptors (Lipinski definition) is 5. The Kier molecular flexibility index (Phi) is 6.45. The third-order valence-corrected chi connectivity index (χ3v) is 10.5. The van der Waals surface area contributed by atoms with Crippen molar-refractivity contribution in [1.82, 2.24) is 4.90 Å². The maximum atomic E-state index is 16.5. The van der Waals surface area contributed by atoms with Gasteiger partial charge in [0.15, 0.2) is 0 Å². The van der Waals surface area contributed by atoms with Crippen LogP contribution >= 0.6 is 0 Å². The number of hydrogen-bond donors (Lipinski definition) is 0. The fourth-order valence-corrected chi connectivity index (χ4v) is 8.03. The van der Waals surface area contributed by atoms with Crippen molar-refractivity contribution >= 4 is 19.7 Å². The summed E-state index contributed by atoms with van der Waals surface area (Å²) in [4.78, 5) is 0.859. The third-order valence-electron chi connectivity index (χ3n) is 5.55. The molecule has 0 saturated heterocycles. The number of alkyl halides is 1. The lowest BCUT2D eigenvalue weighted by molar-refractivity contribution is 0.155. The molecule has 0 spiro atoms. The molecule has 5 nitrogen and oxygen atoms in total. The molecule has 0 amide bonds. The van der Waals surface area contributed by atoms with Gasteiger partial charge in [0.2, 0.25) is 19.7 Å². The van der Waals surface area contributed by atoms with Crippen molar-refractivity contribution in [1.29, 1.82) is 0 Å². The van der Waals surface area contributed by atoms with Crippen LogP contribution in [0.15, 0.2) is 70.5 Å². The summed E-state index contributed by atoms with van der Waals surface area (Å²) in [7, 11) is -8.07. The van der Waals surface area contributed by atoms with E-state index in [0.29, 0.717) is 0 Å². The van der Waals surface area contributed by atoms with E-state index < -0.39 is 30.6 Å². The molecule has 0 aliphatic heterocycles. The van der Waals surface area contributed by atoms with Crippen LogP contribution in [0.25, 0.3) is 0 Å². The molecule has 29 heavy (non-hydrogen) atoms. The Hall–Kier alpha value is -1.77. The Bertz CT molecular complexity index is 949. The summed E-state index contributed by atoms with van der Waals surface area (Å²) in [6.07, 6.45) is 4.60. The number of benzene rings is 2. The van der Waals surface area contributed by atoms with Crippen LogP contribution in [-0.2, 0) is 19.7 Å². The van der Waals surface area contributed by atoms with Crippen LogP contribution in [0.2, 0.25) is 0 Å². The SMILES string of the molecule is CN(CC(F)(S(=O)(=O)c1ccccc1)S(=O)(=O)c1ccccc1)C1CCCCC1. The number of halogens is 1. The number of sulfone groups is 2. The molecule has 8 heteroatoms. The molecule has 1 aliphatic carbocycles.